The molecule has 0 heterocycles. The van der Waals surface area contributed by atoms with Gasteiger partial charge in [-0.25, -0.2) is 0 Å². The van der Waals surface area contributed by atoms with Gasteiger partial charge in [0.05, 0.1) is 18.3 Å². The third kappa shape index (κ3) is 7.40. The van der Waals surface area contributed by atoms with Crippen LogP contribution in [0, 0.1) is 0 Å². The summed E-state index contributed by atoms with van der Waals surface area (Å²) in [4.78, 5) is 24.9. The summed E-state index contributed by atoms with van der Waals surface area (Å²) in [7, 11) is 1.57. The topological polar surface area (TPSA) is 88.7 Å². The first-order valence-corrected chi connectivity index (χ1v) is 10.5. The zero-order chi connectivity index (χ0) is 22.1. The van der Waals surface area contributed by atoms with E-state index in [2.05, 4.69) is 31.9 Å². The van der Waals surface area contributed by atoms with Crippen LogP contribution >= 0.6 is 28.1 Å². The van der Waals surface area contributed by atoms with E-state index in [4.69, 9.17) is 21.7 Å². The number of ether oxygens (including phenoxy) is 2. The largest absolute Gasteiger partial charge is 0.490 e. The number of anilines is 1. The van der Waals surface area contributed by atoms with Crippen LogP contribution in [0.4, 0.5) is 5.69 Å². The summed E-state index contributed by atoms with van der Waals surface area (Å²) in [5, 5.41) is 8.41. The van der Waals surface area contributed by atoms with Gasteiger partial charge in [0.15, 0.2) is 5.11 Å². The molecule has 30 heavy (non-hydrogen) atoms. The number of rotatable bonds is 8. The standard InChI is InChI=1S/C21H24BrN3O4S/c1-13(2)29-18-8-7-15(22)12-17(18)20(27)25-21(30)24-16-6-4-5-14(11-16)19(26)23-9-10-28-3/h4-8,11-13H,9-10H2,1-3H3,(H,23,26)(H2,24,25,27,30). The third-order valence-corrected chi connectivity index (χ3v) is 4.45. The van der Waals surface area contributed by atoms with Crippen LogP contribution < -0.4 is 20.7 Å². The van der Waals surface area contributed by atoms with Gasteiger partial charge >= 0.3 is 0 Å². The summed E-state index contributed by atoms with van der Waals surface area (Å²) in [6, 6.07) is 12.0. The Morgan fingerprint density at radius 3 is 2.60 bits per heavy atom. The Kier molecular flexibility index (Phi) is 9.22. The summed E-state index contributed by atoms with van der Waals surface area (Å²) in [5.74, 6) is -0.170. The number of methoxy groups -OCH3 is 1. The molecule has 3 N–H and O–H groups in total. The highest BCUT2D eigenvalue weighted by Crippen LogP contribution is 2.24. The van der Waals surface area contributed by atoms with Crippen molar-refractivity contribution in [3.63, 3.8) is 0 Å². The molecule has 160 valence electrons. The number of amides is 2. The first-order chi connectivity index (χ1) is 14.3. The van der Waals surface area contributed by atoms with Gasteiger partial charge in [-0.3, -0.25) is 14.9 Å². The zero-order valence-corrected chi connectivity index (χ0v) is 19.4. The lowest BCUT2D eigenvalue weighted by molar-refractivity contribution is 0.0935. The van der Waals surface area contributed by atoms with E-state index in [0.717, 1.165) is 4.47 Å². The van der Waals surface area contributed by atoms with Crippen molar-refractivity contribution in [3.8, 4) is 5.75 Å². The van der Waals surface area contributed by atoms with Crippen LogP contribution in [-0.4, -0.2) is 43.3 Å². The van der Waals surface area contributed by atoms with Crippen molar-refractivity contribution in [2.24, 2.45) is 0 Å². The average Bonchev–Trinajstić information content (AvgIpc) is 2.69. The molecule has 2 amide bonds. The van der Waals surface area contributed by atoms with Gasteiger partial charge in [0.2, 0.25) is 0 Å². The molecule has 0 spiro atoms. The van der Waals surface area contributed by atoms with Gasteiger partial charge < -0.3 is 20.1 Å². The maximum atomic E-state index is 12.7. The summed E-state index contributed by atoms with van der Waals surface area (Å²) in [6.07, 6.45) is -0.0828. The normalized spacial score (nSPS) is 10.4. The summed E-state index contributed by atoms with van der Waals surface area (Å²) in [6.45, 7) is 4.61. The molecule has 7 nitrogen and oxygen atoms in total. The SMILES string of the molecule is COCCNC(=O)c1cccc(NC(=S)NC(=O)c2cc(Br)ccc2OC(C)C)c1. The number of nitrogens with one attached hydrogen (secondary N) is 3. The molecule has 9 heteroatoms. The van der Waals surface area contributed by atoms with Gasteiger partial charge in [-0.05, 0) is 62.5 Å². The van der Waals surface area contributed by atoms with Gasteiger partial charge in [-0.15, -0.1) is 0 Å². The van der Waals surface area contributed by atoms with Gasteiger partial charge in [0.1, 0.15) is 5.75 Å². The monoisotopic (exact) mass is 493 g/mol. The number of carbonyl (C=O) groups excluding carboxylic acids is 2. The predicted octanol–water partition coefficient (Wildman–Crippen LogP) is 3.74. The van der Waals surface area contributed by atoms with Crippen molar-refractivity contribution in [2.45, 2.75) is 20.0 Å². The van der Waals surface area contributed by atoms with Crippen LogP contribution in [0.15, 0.2) is 46.9 Å². The van der Waals surface area contributed by atoms with E-state index in [1.807, 2.05) is 13.8 Å². The van der Waals surface area contributed by atoms with Crippen molar-refractivity contribution < 1.29 is 19.1 Å². The Morgan fingerprint density at radius 1 is 1.13 bits per heavy atom. The minimum atomic E-state index is -0.405. The van der Waals surface area contributed by atoms with E-state index in [0.29, 0.717) is 35.7 Å². The molecule has 0 aliphatic rings. The van der Waals surface area contributed by atoms with Crippen molar-refractivity contribution in [1.82, 2.24) is 10.6 Å². The van der Waals surface area contributed by atoms with Gasteiger partial charge in [0.25, 0.3) is 11.8 Å². The molecule has 0 bridgehead atoms. The number of hydrogen-bond donors (Lipinski definition) is 3. The molecule has 0 saturated carbocycles. The van der Waals surface area contributed by atoms with Gasteiger partial charge in [0, 0.05) is 29.4 Å². The van der Waals surface area contributed by atoms with Crippen LogP contribution in [0.5, 0.6) is 5.75 Å². The quantitative estimate of drug-likeness (QED) is 0.383. The lowest BCUT2D eigenvalue weighted by Crippen LogP contribution is -2.34. The summed E-state index contributed by atoms with van der Waals surface area (Å²) < 4.78 is 11.4. The molecular weight excluding hydrogens is 470 g/mol. The first-order valence-electron chi connectivity index (χ1n) is 9.26. The fraction of sp³-hybridized carbons (Fsp3) is 0.286. The van der Waals surface area contributed by atoms with Crippen LogP contribution in [0.1, 0.15) is 34.6 Å². The predicted molar refractivity (Wildman–Crippen MR) is 124 cm³/mol. The Balaban J connectivity index is 2.04. The maximum Gasteiger partial charge on any atom is 0.261 e. The second-order valence-electron chi connectivity index (χ2n) is 6.54. The maximum absolute atomic E-state index is 12.7. The number of hydrogen-bond acceptors (Lipinski definition) is 5. The molecular formula is C21H24BrN3O4S. The highest BCUT2D eigenvalue weighted by Gasteiger charge is 2.16. The number of thiocarbonyl (C=S) groups is 1. The fourth-order valence-electron chi connectivity index (χ4n) is 2.48. The zero-order valence-electron chi connectivity index (χ0n) is 17.0. The second-order valence-corrected chi connectivity index (χ2v) is 7.87. The van der Waals surface area contributed by atoms with Crippen molar-refractivity contribution in [3.05, 3.63) is 58.1 Å². The van der Waals surface area contributed by atoms with Crippen LogP contribution in [0.2, 0.25) is 0 Å². The Labute approximate surface area is 189 Å². The first kappa shape index (κ1) is 23.8. The van der Waals surface area contributed by atoms with Crippen molar-refractivity contribution in [2.75, 3.05) is 25.6 Å². The van der Waals surface area contributed by atoms with E-state index in [1.165, 1.54) is 0 Å². The van der Waals surface area contributed by atoms with Crippen LogP contribution in [0.3, 0.4) is 0 Å². The molecule has 0 unspecified atom stereocenters. The highest BCUT2D eigenvalue weighted by molar-refractivity contribution is 9.10. The summed E-state index contributed by atoms with van der Waals surface area (Å²) >= 11 is 8.62. The van der Waals surface area contributed by atoms with Crippen molar-refractivity contribution >= 4 is 50.8 Å². The Morgan fingerprint density at radius 2 is 1.90 bits per heavy atom. The minimum Gasteiger partial charge on any atom is -0.490 e. The number of benzene rings is 2. The number of carbonyl (C=O) groups is 2. The van der Waals surface area contributed by atoms with E-state index >= 15 is 0 Å². The summed E-state index contributed by atoms with van der Waals surface area (Å²) in [5.41, 5.74) is 1.39. The lowest BCUT2D eigenvalue weighted by Gasteiger charge is -2.15. The van der Waals surface area contributed by atoms with Crippen LogP contribution in [0.25, 0.3) is 0 Å². The average molecular weight is 494 g/mol. The third-order valence-electron chi connectivity index (χ3n) is 3.75. The second kappa shape index (κ2) is 11.6. The minimum absolute atomic E-state index is 0.0828. The molecule has 0 radical (unpaired) electrons. The highest BCUT2D eigenvalue weighted by atomic mass is 79.9. The number of halogens is 1. The molecule has 2 rings (SSSR count). The smallest absolute Gasteiger partial charge is 0.261 e. The molecule has 2 aromatic rings. The molecule has 0 atom stereocenters. The van der Waals surface area contributed by atoms with E-state index in [1.54, 1.807) is 49.6 Å². The molecule has 0 aromatic heterocycles. The molecule has 0 aliphatic heterocycles. The van der Waals surface area contributed by atoms with Crippen LogP contribution in [-0.2, 0) is 4.74 Å². The fourth-order valence-corrected chi connectivity index (χ4v) is 3.05. The lowest BCUT2D eigenvalue weighted by atomic mass is 10.2. The van der Waals surface area contributed by atoms with E-state index < -0.39 is 5.91 Å². The van der Waals surface area contributed by atoms with E-state index in [-0.39, 0.29) is 17.1 Å². The Hall–Kier alpha value is -2.49. The molecule has 0 fully saturated rings. The van der Waals surface area contributed by atoms with Crippen molar-refractivity contribution in [1.29, 1.82) is 0 Å². The van der Waals surface area contributed by atoms with Gasteiger partial charge in [-0.2, -0.15) is 0 Å². The molecule has 0 saturated heterocycles. The van der Waals surface area contributed by atoms with E-state index in [9.17, 15) is 9.59 Å². The Bertz CT molecular complexity index is 921. The molecule has 2 aromatic carbocycles. The van der Waals surface area contributed by atoms with Gasteiger partial charge in [-0.1, -0.05) is 22.0 Å². The molecule has 0 aliphatic carbocycles.